The minimum atomic E-state index is 0.671. The lowest BCUT2D eigenvalue weighted by molar-refractivity contribution is 0.979. The summed E-state index contributed by atoms with van der Waals surface area (Å²) in [7, 11) is 0. The summed E-state index contributed by atoms with van der Waals surface area (Å²) in [5.74, 6) is 0. The first-order valence-corrected chi connectivity index (χ1v) is 5.51. The van der Waals surface area contributed by atoms with Crippen molar-refractivity contribution in [1.82, 2.24) is 5.32 Å². The van der Waals surface area contributed by atoms with Gasteiger partial charge in [0.2, 0.25) is 0 Å². The van der Waals surface area contributed by atoms with Crippen molar-refractivity contribution in [3.8, 4) is 0 Å². The second-order valence-electron chi connectivity index (χ2n) is 2.49. The maximum absolute atomic E-state index is 5.05. The summed E-state index contributed by atoms with van der Waals surface area (Å²) in [5.41, 5.74) is 1.03. The van der Waals surface area contributed by atoms with E-state index in [1.165, 1.54) is 3.57 Å². The molecule has 0 aliphatic rings. The van der Waals surface area contributed by atoms with Gasteiger partial charge in [0.1, 0.15) is 0 Å². The van der Waals surface area contributed by atoms with E-state index in [4.69, 9.17) is 12.2 Å². The summed E-state index contributed by atoms with van der Waals surface area (Å²) >= 11 is 7.32. The van der Waals surface area contributed by atoms with E-state index in [0.717, 1.165) is 12.2 Å². The molecule has 0 aromatic heterocycles. The Morgan fingerprint density at radius 2 is 2.31 bits per heavy atom. The van der Waals surface area contributed by atoms with E-state index in [0.29, 0.717) is 5.11 Å². The SMILES string of the molecule is CCNC(=S)Nc1cccc(I)c1. The quantitative estimate of drug-likeness (QED) is 0.649. The van der Waals surface area contributed by atoms with Crippen LogP contribution in [0, 0.1) is 3.57 Å². The summed E-state index contributed by atoms with van der Waals surface area (Å²) in [5, 5.41) is 6.80. The number of nitrogens with one attached hydrogen (secondary N) is 2. The maximum Gasteiger partial charge on any atom is 0.170 e. The second-order valence-corrected chi connectivity index (χ2v) is 4.15. The lowest BCUT2D eigenvalue weighted by Gasteiger charge is -2.08. The molecule has 2 N–H and O–H groups in total. The lowest BCUT2D eigenvalue weighted by atomic mass is 10.3. The molecule has 2 nitrogen and oxygen atoms in total. The highest BCUT2D eigenvalue weighted by atomic mass is 127. The third-order valence-electron chi connectivity index (χ3n) is 1.42. The number of thiocarbonyl (C=S) groups is 1. The van der Waals surface area contributed by atoms with Crippen LogP contribution in [0.5, 0.6) is 0 Å². The molecular weight excluding hydrogens is 295 g/mol. The summed E-state index contributed by atoms with van der Waals surface area (Å²) in [4.78, 5) is 0. The van der Waals surface area contributed by atoms with Crippen molar-refractivity contribution in [2.24, 2.45) is 0 Å². The maximum atomic E-state index is 5.05. The number of hydrogen-bond donors (Lipinski definition) is 2. The monoisotopic (exact) mass is 306 g/mol. The largest absolute Gasteiger partial charge is 0.363 e. The summed E-state index contributed by atoms with van der Waals surface area (Å²) in [6.07, 6.45) is 0. The van der Waals surface area contributed by atoms with E-state index in [-0.39, 0.29) is 0 Å². The smallest absolute Gasteiger partial charge is 0.170 e. The van der Waals surface area contributed by atoms with Crippen molar-refractivity contribution in [2.75, 3.05) is 11.9 Å². The molecule has 1 rings (SSSR count). The van der Waals surface area contributed by atoms with E-state index in [1.807, 2.05) is 31.2 Å². The average molecular weight is 306 g/mol. The molecule has 0 amide bonds. The Labute approximate surface area is 97.2 Å². The first-order chi connectivity index (χ1) is 6.22. The van der Waals surface area contributed by atoms with Crippen LogP contribution in [0.15, 0.2) is 24.3 Å². The number of rotatable bonds is 2. The zero-order valence-corrected chi connectivity index (χ0v) is 10.3. The van der Waals surface area contributed by atoms with Gasteiger partial charge in [-0.2, -0.15) is 0 Å². The number of hydrogen-bond acceptors (Lipinski definition) is 1. The molecule has 0 radical (unpaired) electrons. The standard InChI is InChI=1S/C9H11IN2S/c1-2-11-9(13)12-8-5-3-4-7(10)6-8/h3-6H,2H2,1H3,(H2,11,12,13). The first kappa shape index (κ1) is 10.7. The number of anilines is 1. The predicted molar refractivity (Wildman–Crippen MR) is 69.1 cm³/mol. The predicted octanol–water partition coefficient (Wildman–Crippen LogP) is 2.60. The molecule has 13 heavy (non-hydrogen) atoms. The number of benzene rings is 1. The van der Waals surface area contributed by atoms with E-state index in [2.05, 4.69) is 33.2 Å². The fourth-order valence-corrected chi connectivity index (χ4v) is 1.71. The van der Waals surface area contributed by atoms with Crippen LogP contribution in [0.25, 0.3) is 0 Å². The van der Waals surface area contributed by atoms with Gasteiger partial charge in [0.15, 0.2) is 5.11 Å². The van der Waals surface area contributed by atoms with Crippen molar-refractivity contribution in [3.05, 3.63) is 27.8 Å². The van der Waals surface area contributed by atoms with Gasteiger partial charge in [-0.15, -0.1) is 0 Å². The molecule has 0 spiro atoms. The van der Waals surface area contributed by atoms with Gasteiger partial charge in [0, 0.05) is 15.8 Å². The molecule has 0 saturated heterocycles. The van der Waals surface area contributed by atoms with Crippen LogP contribution >= 0.6 is 34.8 Å². The zero-order valence-electron chi connectivity index (χ0n) is 7.30. The third kappa shape index (κ3) is 3.91. The average Bonchev–Trinajstić information content (AvgIpc) is 2.04. The normalized spacial score (nSPS) is 9.38. The Morgan fingerprint density at radius 3 is 2.92 bits per heavy atom. The zero-order chi connectivity index (χ0) is 9.68. The van der Waals surface area contributed by atoms with Crippen LogP contribution in [0.4, 0.5) is 5.69 Å². The molecule has 0 atom stereocenters. The van der Waals surface area contributed by atoms with Gasteiger partial charge in [0.25, 0.3) is 0 Å². The second kappa shape index (κ2) is 5.39. The van der Waals surface area contributed by atoms with Crippen molar-refractivity contribution < 1.29 is 0 Å². The van der Waals surface area contributed by atoms with E-state index >= 15 is 0 Å². The molecule has 0 saturated carbocycles. The third-order valence-corrected chi connectivity index (χ3v) is 2.34. The van der Waals surface area contributed by atoms with Crippen LogP contribution in [0.1, 0.15) is 6.92 Å². The molecular formula is C9H11IN2S. The van der Waals surface area contributed by atoms with Gasteiger partial charge >= 0.3 is 0 Å². The highest BCUT2D eigenvalue weighted by Gasteiger charge is 1.95. The topological polar surface area (TPSA) is 24.1 Å². The van der Waals surface area contributed by atoms with Crippen LogP contribution in [0.2, 0.25) is 0 Å². The fraction of sp³-hybridized carbons (Fsp3) is 0.222. The van der Waals surface area contributed by atoms with Gasteiger partial charge in [0.05, 0.1) is 0 Å². The first-order valence-electron chi connectivity index (χ1n) is 4.03. The Kier molecular flexibility index (Phi) is 4.44. The highest BCUT2D eigenvalue weighted by Crippen LogP contribution is 2.11. The van der Waals surface area contributed by atoms with Crippen molar-refractivity contribution in [1.29, 1.82) is 0 Å². The Balaban J connectivity index is 2.58. The molecule has 0 aliphatic heterocycles. The number of halogens is 1. The van der Waals surface area contributed by atoms with Gasteiger partial charge in [-0.1, -0.05) is 6.07 Å². The Bertz CT molecular complexity index is 301. The van der Waals surface area contributed by atoms with E-state index < -0.39 is 0 Å². The minimum Gasteiger partial charge on any atom is -0.363 e. The van der Waals surface area contributed by atoms with Gasteiger partial charge in [-0.25, -0.2) is 0 Å². The van der Waals surface area contributed by atoms with E-state index in [1.54, 1.807) is 0 Å². The summed E-state index contributed by atoms with van der Waals surface area (Å²) in [6, 6.07) is 8.08. The molecule has 1 aromatic rings. The van der Waals surface area contributed by atoms with Crippen LogP contribution in [-0.4, -0.2) is 11.7 Å². The van der Waals surface area contributed by atoms with E-state index in [9.17, 15) is 0 Å². The van der Waals surface area contributed by atoms with Crippen molar-refractivity contribution in [3.63, 3.8) is 0 Å². The molecule has 4 heteroatoms. The minimum absolute atomic E-state index is 0.671. The summed E-state index contributed by atoms with van der Waals surface area (Å²) in [6.45, 7) is 2.86. The van der Waals surface area contributed by atoms with Crippen molar-refractivity contribution >= 4 is 45.6 Å². The molecule has 0 bridgehead atoms. The van der Waals surface area contributed by atoms with Gasteiger partial charge in [-0.05, 0) is 59.9 Å². The Morgan fingerprint density at radius 1 is 1.54 bits per heavy atom. The molecule has 1 aromatic carbocycles. The van der Waals surface area contributed by atoms with Gasteiger partial charge < -0.3 is 10.6 Å². The van der Waals surface area contributed by atoms with Crippen LogP contribution in [0.3, 0.4) is 0 Å². The van der Waals surface area contributed by atoms with Crippen molar-refractivity contribution in [2.45, 2.75) is 6.92 Å². The lowest BCUT2D eigenvalue weighted by Crippen LogP contribution is -2.27. The van der Waals surface area contributed by atoms with Crippen LogP contribution in [-0.2, 0) is 0 Å². The fourth-order valence-electron chi connectivity index (χ4n) is 0.902. The molecule has 0 fully saturated rings. The summed E-state index contributed by atoms with van der Waals surface area (Å²) < 4.78 is 1.20. The van der Waals surface area contributed by atoms with Gasteiger partial charge in [-0.3, -0.25) is 0 Å². The van der Waals surface area contributed by atoms with Crippen LogP contribution < -0.4 is 10.6 Å². The molecule has 0 heterocycles. The molecule has 0 aliphatic carbocycles. The Hall–Kier alpha value is -0.360. The molecule has 70 valence electrons. The molecule has 0 unspecified atom stereocenters. The highest BCUT2D eigenvalue weighted by molar-refractivity contribution is 14.1.